The zero-order chi connectivity index (χ0) is 19.6. The average Bonchev–Trinajstić information content (AvgIpc) is 2.96. The molecule has 27 heavy (non-hydrogen) atoms. The number of alkyl halides is 2. The first-order valence-electron chi connectivity index (χ1n) is 8.00. The molecule has 8 heteroatoms. The number of hydrogen-bond donors (Lipinski definition) is 1. The van der Waals surface area contributed by atoms with E-state index in [-0.39, 0.29) is 17.7 Å². The van der Waals surface area contributed by atoms with Crippen molar-refractivity contribution >= 4 is 34.8 Å². The molecule has 0 spiro atoms. The molecule has 2 aromatic carbocycles. The van der Waals surface area contributed by atoms with Gasteiger partial charge in [0.25, 0.3) is 6.43 Å². The van der Waals surface area contributed by atoms with Crippen LogP contribution in [0.5, 0.6) is 0 Å². The maximum absolute atomic E-state index is 13.0. The lowest BCUT2D eigenvalue weighted by atomic mass is 10.0. The molecule has 3 rings (SSSR count). The second-order valence-electron chi connectivity index (χ2n) is 5.91. The van der Waals surface area contributed by atoms with Crippen LogP contribution in [0.1, 0.15) is 17.7 Å². The van der Waals surface area contributed by atoms with Gasteiger partial charge in [-0.15, -0.1) is 0 Å². The number of rotatable bonds is 5. The molecule has 0 aliphatic carbocycles. The second-order valence-corrected chi connectivity index (χ2v) is 6.75. The van der Waals surface area contributed by atoms with Crippen LogP contribution in [0, 0.1) is 0 Å². The Kier molecular flexibility index (Phi) is 5.77. The van der Waals surface area contributed by atoms with E-state index in [1.807, 2.05) is 6.07 Å². The number of hydrogen-bond acceptors (Lipinski definition) is 2. The van der Waals surface area contributed by atoms with Gasteiger partial charge in [-0.1, -0.05) is 47.5 Å². The summed E-state index contributed by atoms with van der Waals surface area (Å²) in [6.45, 7) is 0. The van der Waals surface area contributed by atoms with Crippen LogP contribution in [0.15, 0.2) is 48.7 Å². The summed E-state index contributed by atoms with van der Waals surface area (Å²) in [4.78, 5) is 12.4. The monoisotopic (exact) mass is 409 g/mol. The largest absolute Gasteiger partial charge is 0.325 e. The number of amides is 1. The van der Waals surface area contributed by atoms with Gasteiger partial charge in [-0.05, 0) is 18.2 Å². The predicted molar refractivity (Wildman–Crippen MR) is 102 cm³/mol. The molecule has 3 aromatic rings. The zero-order valence-corrected chi connectivity index (χ0v) is 15.7. The Hall–Kier alpha value is -2.44. The van der Waals surface area contributed by atoms with E-state index in [2.05, 4.69) is 10.4 Å². The molecule has 4 nitrogen and oxygen atoms in total. The summed E-state index contributed by atoms with van der Waals surface area (Å²) in [5, 5.41) is 7.42. The van der Waals surface area contributed by atoms with Crippen LogP contribution < -0.4 is 5.32 Å². The molecule has 0 radical (unpaired) electrons. The summed E-state index contributed by atoms with van der Waals surface area (Å²) in [5.74, 6) is -0.428. The van der Waals surface area contributed by atoms with Crippen LogP contribution in [0.3, 0.4) is 0 Å². The normalized spacial score (nSPS) is 11.0. The van der Waals surface area contributed by atoms with Gasteiger partial charge in [0.2, 0.25) is 5.91 Å². The Morgan fingerprint density at radius 1 is 1.19 bits per heavy atom. The first kappa shape index (κ1) is 19.3. The van der Waals surface area contributed by atoms with Crippen LogP contribution in [0.2, 0.25) is 10.0 Å². The molecular formula is C19H15Cl2F2N3O. The molecule has 0 aliphatic rings. The lowest BCUT2D eigenvalue weighted by Gasteiger charge is -2.13. The van der Waals surface area contributed by atoms with E-state index in [0.29, 0.717) is 26.9 Å². The molecule has 1 amide bonds. The quantitative estimate of drug-likeness (QED) is 0.603. The highest BCUT2D eigenvalue weighted by Gasteiger charge is 2.20. The standard InChI is InChI=1S/C19H15Cl2F2N3O/c1-26-10-11(18(25-26)19(22)23)8-17(27)24-16-5-3-2-4-14(16)13-7-6-12(20)9-15(13)21/h2-7,9-10,19H,8H2,1H3,(H,24,27). The van der Waals surface area contributed by atoms with Crippen LogP contribution in [-0.4, -0.2) is 15.7 Å². The van der Waals surface area contributed by atoms with E-state index < -0.39 is 12.3 Å². The fourth-order valence-corrected chi connectivity index (χ4v) is 3.29. The lowest BCUT2D eigenvalue weighted by Crippen LogP contribution is -2.15. The van der Waals surface area contributed by atoms with Gasteiger partial charge in [0.1, 0.15) is 5.69 Å². The van der Waals surface area contributed by atoms with Crippen molar-refractivity contribution in [2.75, 3.05) is 5.32 Å². The molecule has 1 N–H and O–H groups in total. The number of halogens is 4. The Morgan fingerprint density at radius 3 is 2.63 bits per heavy atom. The van der Waals surface area contributed by atoms with Crippen LogP contribution in [-0.2, 0) is 18.3 Å². The number of anilines is 1. The Morgan fingerprint density at radius 2 is 1.93 bits per heavy atom. The third-order valence-corrected chi connectivity index (χ3v) is 4.47. The smallest absolute Gasteiger partial charge is 0.282 e. The summed E-state index contributed by atoms with van der Waals surface area (Å²) in [6.07, 6.45) is -1.53. The fraction of sp³-hybridized carbons (Fsp3) is 0.158. The molecule has 0 bridgehead atoms. The summed E-state index contributed by atoms with van der Waals surface area (Å²) < 4.78 is 27.4. The number of aryl methyl sites for hydroxylation is 1. The van der Waals surface area contributed by atoms with Crippen molar-refractivity contribution in [1.82, 2.24) is 9.78 Å². The van der Waals surface area contributed by atoms with Gasteiger partial charge >= 0.3 is 0 Å². The molecule has 1 aromatic heterocycles. The minimum absolute atomic E-state index is 0.187. The zero-order valence-electron chi connectivity index (χ0n) is 14.2. The van der Waals surface area contributed by atoms with Crippen molar-refractivity contribution in [2.45, 2.75) is 12.8 Å². The molecule has 0 atom stereocenters. The number of aromatic nitrogens is 2. The molecule has 1 heterocycles. The molecule has 0 unspecified atom stereocenters. The predicted octanol–water partition coefficient (Wildman–Crippen LogP) is 5.51. The van der Waals surface area contributed by atoms with Crippen molar-refractivity contribution in [3.63, 3.8) is 0 Å². The summed E-state index contributed by atoms with van der Waals surface area (Å²) in [5.41, 5.74) is 1.72. The Labute approximate surface area is 164 Å². The molecule has 0 saturated carbocycles. The number of nitrogens with zero attached hydrogens (tertiary/aromatic N) is 2. The van der Waals surface area contributed by atoms with Gasteiger partial charge < -0.3 is 5.32 Å². The van der Waals surface area contributed by atoms with E-state index in [1.54, 1.807) is 36.4 Å². The molecule has 140 valence electrons. The summed E-state index contributed by atoms with van der Waals surface area (Å²) >= 11 is 12.2. The minimum Gasteiger partial charge on any atom is -0.325 e. The van der Waals surface area contributed by atoms with Crippen LogP contribution in [0.25, 0.3) is 11.1 Å². The third-order valence-electron chi connectivity index (χ3n) is 3.92. The van der Waals surface area contributed by atoms with Crippen molar-refractivity contribution in [1.29, 1.82) is 0 Å². The molecule has 0 aliphatic heterocycles. The third kappa shape index (κ3) is 4.46. The van der Waals surface area contributed by atoms with Gasteiger partial charge in [0.15, 0.2) is 0 Å². The topological polar surface area (TPSA) is 46.9 Å². The Bertz CT molecular complexity index is 989. The highest BCUT2D eigenvalue weighted by atomic mass is 35.5. The van der Waals surface area contributed by atoms with Crippen molar-refractivity contribution < 1.29 is 13.6 Å². The maximum Gasteiger partial charge on any atom is 0.282 e. The van der Waals surface area contributed by atoms with Crippen LogP contribution >= 0.6 is 23.2 Å². The van der Waals surface area contributed by atoms with Crippen molar-refractivity contribution in [2.24, 2.45) is 7.05 Å². The number of para-hydroxylation sites is 1. The van der Waals surface area contributed by atoms with Gasteiger partial charge in [-0.25, -0.2) is 8.78 Å². The van der Waals surface area contributed by atoms with Crippen molar-refractivity contribution in [3.05, 3.63) is 70.0 Å². The first-order chi connectivity index (χ1) is 12.8. The van der Waals surface area contributed by atoms with Gasteiger partial charge in [-0.2, -0.15) is 5.10 Å². The van der Waals surface area contributed by atoms with E-state index in [1.165, 1.54) is 17.9 Å². The van der Waals surface area contributed by atoms with Gasteiger partial charge in [0.05, 0.1) is 6.42 Å². The summed E-state index contributed by atoms with van der Waals surface area (Å²) in [7, 11) is 1.53. The first-order valence-corrected chi connectivity index (χ1v) is 8.75. The minimum atomic E-state index is -2.74. The van der Waals surface area contributed by atoms with E-state index >= 15 is 0 Å². The van der Waals surface area contributed by atoms with Gasteiger partial charge in [-0.3, -0.25) is 9.48 Å². The van der Waals surface area contributed by atoms with Crippen molar-refractivity contribution in [3.8, 4) is 11.1 Å². The van der Waals surface area contributed by atoms with E-state index in [4.69, 9.17) is 23.2 Å². The lowest BCUT2D eigenvalue weighted by molar-refractivity contribution is -0.115. The van der Waals surface area contributed by atoms with E-state index in [9.17, 15) is 13.6 Å². The number of carbonyl (C=O) groups excluding carboxylic acids is 1. The number of nitrogens with one attached hydrogen (secondary N) is 1. The SMILES string of the molecule is Cn1cc(CC(=O)Nc2ccccc2-c2ccc(Cl)cc2Cl)c(C(F)F)n1. The fourth-order valence-electron chi connectivity index (χ4n) is 2.78. The number of benzene rings is 2. The average molecular weight is 410 g/mol. The van der Waals surface area contributed by atoms with Gasteiger partial charge in [0, 0.05) is 45.7 Å². The highest BCUT2D eigenvalue weighted by molar-refractivity contribution is 6.36. The van der Waals surface area contributed by atoms with Crippen LogP contribution in [0.4, 0.5) is 14.5 Å². The highest BCUT2D eigenvalue weighted by Crippen LogP contribution is 2.35. The molecule has 0 fully saturated rings. The molecule has 0 saturated heterocycles. The Balaban J connectivity index is 1.85. The summed E-state index contributed by atoms with van der Waals surface area (Å²) in [6, 6.07) is 12.2. The maximum atomic E-state index is 13.0. The number of carbonyl (C=O) groups is 1. The van der Waals surface area contributed by atoms with E-state index in [0.717, 1.165) is 0 Å². The molecular weight excluding hydrogens is 395 g/mol. The second kappa shape index (κ2) is 8.06.